The van der Waals surface area contributed by atoms with Gasteiger partial charge in [0.2, 0.25) is 0 Å². The van der Waals surface area contributed by atoms with Crippen molar-refractivity contribution in [3.8, 4) is 0 Å². The number of nitrogens with zero attached hydrogens (tertiary/aromatic N) is 6. The lowest BCUT2D eigenvalue weighted by atomic mass is 10.0. The van der Waals surface area contributed by atoms with E-state index >= 15 is 0 Å². The Morgan fingerprint density at radius 1 is 1.08 bits per heavy atom. The van der Waals surface area contributed by atoms with Crippen LogP contribution in [0.25, 0.3) is 11.0 Å². The Labute approximate surface area is 146 Å². The molecule has 128 valence electrons. The normalized spacial score (nSPS) is 15.5. The first-order chi connectivity index (χ1) is 12.2. The second-order valence-corrected chi connectivity index (χ2v) is 6.42. The molecule has 0 bridgehead atoms. The van der Waals surface area contributed by atoms with Crippen LogP contribution in [0.5, 0.6) is 0 Å². The number of anilines is 2. The van der Waals surface area contributed by atoms with Crippen LogP contribution < -0.4 is 10.2 Å². The van der Waals surface area contributed by atoms with Crippen LogP contribution >= 0.6 is 0 Å². The van der Waals surface area contributed by atoms with Crippen LogP contribution in [0.3, 0.4) is 0 Å². The van der Waals surface area contributed by atoms with Gasteiger partial charge in [0.05, 0.1) is 5.39 Å². The van der Waals surface area contributed by atoms with Crippen molar-refractivity contribution in [3.63, 3.8) is 0 Å². The molecule has 3 aromatic heterocycles. The van der Waals surface area contributed by atoms with E-state index in [0.29, 0.717) is 6.04 Å². The number of hydrogen-bond donors (Lipinski definition) is 1. The van der Waals surface area contributed by atoms with Crippen LogP contribution in [-0.2, 0) is 0 Å². The number of pyridine rings is 1. The Balaban J connectivity index is 1.49. The first-order valence-corrected chi connectivity index (χ1v) is 8.58. The Kier molecular flexibility index (Phi) is 4.13. The highest BCUT2D eigenvalue weighted by atomic mass is 15.2. The van der Waals surface area contributed by atoms with Crippen LogP contribution in [0.4, 0.5) is 11.6 Å². The second-order valence-electron chi connectivity index (χ2n) is 6.42. The highest BCUT2D eigenvalue weighted by molar-refractivity contribution is 5.86. The summed E-state index contributed by atoms with van der Waals surface area (Å²) in [4.78, 5) is 24.3. The zero-order valence-corrected chi connectivity index (χ0v) is 14.5. The molecule has 0 amide bonds. The van der Waals surface area contributed by atoms with Crippen molar-refractivity contribution in [2.24, 2.45) is 0 Å². The number of nitrogens with one attached hydrogen (secondary N) is 1. The third-order valence-corrected chi connectivity index (χ3v) is 4.51. The van der Waals surface area contributed by atoms with Gasteiger partial charge in [-0.25, -0.2) is 24.9 Å². The molecule has 0 atom stereocenters. The maximum Gasteiger partial charge on any atom is 0.164 e. The molecule has 7 heteroatoms. The van der Waals surface area contributed by atoms with Crippen LogP contribution in [-0.4, -0.2) is 44.1 Å². The summed E-state index contributed by atoms with van der Waals surface area (Å²) in [5.74, 6) is 2.66. The standard InChI is InChI=1S/C18H21N7/c1-12-10-16(21-11-20-12)24-14-5-8-25(9-6-14)18-15-4-3-7-19-17(15)22-13(2)23-18/h3-4,7,10-11,14H,5-6,8-9H2,1-2H3,(H,20,21,24). The van der Waals surface area contributed by atoms with Crippen LogP contribution in [0.15, 0.2) is 30.7 Å². The minimum Gasteiger partial charge on any atom is -0.367 e. The van der Waals surface area contributed by atoms with Gasteiger partial charge in [0.1, 0.15) is 23.8 Å². The van der Waals surface area contributed by atoms with Gasteiger partial charge >= 0.3 is 0 Å². The molecule has 0 spiro atoms. The molecule has 4 heterocycles. The maximum absolute atomic E-state index is 4.68. The molecule has 4 rings (SSSR count). The average Bonchev–Trinajstić information content (AvgIpc) is 2.62. The number of fused-ring (bicyclic) bond motifs is 1. The Hall–Kier alpha value is -2.83. The zero-order chi connectivity index (χ0) is 17.2. The lowest BCUT2D eigenvalue weighted by Crippen LogP contribution is -2.39. The van der Waals surface area contributed by atoms with Gasteiger partial charge in [-0.05, 0) is 38.8 Å². The Bertz CT molecular complexity index is 887. The molecular formula is C18H21N7. The summed E-state index contributed by atoms with van der Waals surface area (Å²) in [7, 11) is 0. The number of rotatable bonds is 3. The highest BCUT2D eigenvalue weighted by Crippen LogP contribution is 2.26. The van der Waals surface area contributed by atoms with Gasteiger partial charge in [-0.2, -0.15) is 0 Å². The van der Waals surface area contributed by atoms with Crippen molar-refractivity contribution in [2.45, 2.75) is 32.7 Å². The molecule has 0 saturated carbocycles. The van der Waals surface area contributed by atoms with E-state index < -0.39 is 0 Å². The number of hydrogen-bond acceptors (Lipinski definition) is 7. The van der Waals surface area contributed by atoms with Gasteiger partial charge in [0, 0.05) is 37.1 Å². The molecular weight excluding hydrogens is 314 g/mol. The smallest absolute Gasteiger partial charge is 0.164 e. The van der Waals surface area contributed by atoms with Gasteiger partial charge in [-0.15, -0.1) is 0 Å². The first kappa shape index (κ1) is 15.7. The second kappa shape index (κ2) is 6.58. The van der Waals surface area contributed by atoms with Gasteiger partial charge in [-0.3, -0.25) is 0 Å². The van der Waals surface area contributed by atoms with E-state index in [-0.39, 0.29) is 0 Å². The summed E-state index contributed by atoms with van der Waals surface area (Å²) < 4.78 is 0. The summed E-state index contributed by atoms with van der Waals surface area (Å²) in [5, 5.41) is 4.54. The van der Waals surface area contributed by atoms with E-state index in [1.807, 2.05) is 32.0 Å². The number of piperidine rings is 1. The molecule has 1 aliphatic rings. The predicted octanol–water partition coefficient (Wildman–Crippen LogP) is 2.51. The van der Waals surface area contributed by atoms with E-state index in [4.69, 9.17) is 0 Å². The van der Waals surface area contributed by atoms with Gasteiger partial charge in [0.15, 0.2) is 5.65 Å². The average molecular weight is 335 g/mol. The molecule has 3 aromatic rings. The predicted molar refractivity (Wildman–Crippen MR) is 97.7 cm³/mol. The van der Waals surface area contributed by atoms with E-state index in [1.54, 1.807) is 12.5 Å². The molecule has 1 N–H and O–H groups in total. The lowest BCUT2D eigenvalue weighted by molar-refractivity contribution is 0.523. The quantitative estimate of drug-likeness (QED) is 0.787. The van der Waals surface area contributed by atoms with Crippen LogP contribution in [0, 0.1) is 13.8 Å². The third kappa shape index (κ3) is 3.35. The van der Waals surface area contributed by atoms with E-state index in [1.165, 1.54) is 0 Å². The SMILES string of the molecule is Cc1cc(NC2CCN(c3nc(C)nc4ncccc34)CC2)ncn1. The summed E-state index contributed by atoms with van der Waals surface area (Å²) in [6.45, 7) is 5.79. The third-order valence-electron chi connectivity index (χ3n) is 4.51. The van der Waals surface area contributed by atoms with Crippen LogP contribution in [0.2, 0.25) is 0 Å². The van der Waals surface area contributed by atoms with E-state index in [9.17, 15) is 0 Å². The van der Waals surface area contributed by atoms with Gasteiger partial charge < -0.3 is 10.2 Å². The van der Waals surface area contributed by atoms with Crippen molar-refractivity contribution < 1.29 is 0 Å². The molecule has 0 aromatic carbocycles. The Morgan fingerprint density at radius 3 is 2.72 bits per heavy atom. The van der Waals surface area contributed by atoms with Crippen molar-refractivity contribution >= 4 is 22.7 Å². The molecule has 1 fully saturated rings. The van der Waals surface area contributed by atoms with Crippen molar-refractivity contribution in [1.29, 1.82) is 0 Å². The highest BCUT2D eigenvalue weighted by Gasteiger charge is 2.22. The summed E-state index contributed by atoms with van der Waals surface area (Å²) in [6, 6.07) is 6.39. The molecule has 0 aliphatic carbocycles. The zero-order valence-electron chi connectivity index (χ0n) is 14.5. The summed E-state index contributed by atoms with van der Waals surface area (Å²) >= 11 is 0. The van der Waals surface area contributed by atoms with Gasteiger partial charge in [0.25, 0.3) is 0 Å². The molecule has 25 heavy (non-hydrogen) atoms. The monoisotopic (exact) mass is 335 g/mol. The van der Waals surface area contributed by atoms with Crippen molar-refractivity contribution in [3.05, 3.63) is 42.2 Å². The van der Waals surface area contributed by atoms with Crippen molar-refractivity contribution in [1.82, 2.24) is 24.9 Å². The fraction of sp³-hybridized carbons (Fsp3) is 0.389. The molecule has 1 saturated heterocycles. The fourth-order valence-corrected chi connectivity index (χ4v) is 3.27. The summed E-state index contributed by atoms with van der Waals surface area (Å²) in [5.41, 5.74) is 1.74. The minimum atomic E-state index is 0.415. The molecule has 1 aliphatic heterocycles. The first-order valence-electron chi connectivity index (χ1n) is 8.58. The van der Waals surface area contributed by atoms with E-state index in [2.05, 4.69) is 35.1 Å². The van der Waals surface area contributed by atoms with E-state index in [0.717, 1.165) is 60.1 Å². The van der Waals surface area contributed by atoms with Crippen LogP contribution in [0.1, 0.15) is 24.4 Å². The van der Waals surface area contributed by atoms with Crippen molar-refractivity contribution in [2.75, 3.05) is 23.3 Å². The summed E-state index contributed by atoms with van der Waals surface area (Å²) in [6.07, 6.45) is 5.45. The minimum absolute atomic E-state index is 0.415. The largest absolute Gasteiger partial charge is 0.367 e. The molecule has 0 unspecified atom stereocenters. The number of aromatic nitrogens is 5. The topological polar surface area (TPSA) is 79.7 Å². The molecule has 0 radical (unpaired) electrons. The Morgan fingerprint density at radius 2 is 1.92 bits per heavy atom. The lowest BCUT2D eigenvalue weighted by Gasteiger charge is -2.33. The maximum atomic E-state index is 4.68. The van der Waals surface area contributed by atoms with Gasteiger partial charge in [-0.1, -0.05) is 0 Å². The fourth-order valence-electron chi connectivity index (χ4n) is 3.27. The number of aryl methyl sites for hydroxylation is 2. The molecule has 7 nitrogen and oxygen atoms in total.